The van der Waals surface area contributed by atoms with Gasteiger partial charge in [0.1, 0.15) is 23.3 Å². The van der Waals surface area contributed by atoms with Gasteiger partial charge < -0.3 is 18.9 Å². The molecule has 0 aliphatic carbocycles. The van der Waals surface area contributed by atoms with Gasteiger partial charge in [0, 0.05) is 7.05 Å². The van der Waals surface area contributed by atoms with E-state index in [0.717, 1.165) is 16.9 Å². The Balaban J connectivity index is 1.44. The molecule has 2 aromatic carbocycles. The van der Waals surface area contributed by atoms with Crippen LogP contribution in [-0.2, 0) is 9.53 Å². The summed E-state index contributed by atoms with van der Waals surface area (Å²) in [7, 11) is 3.25. The fraction of sp³-hybridized carbons (Fsp3) is 0.304. The molecular formula is C23H25NO5S2. The van der Waals surface area contributed by atoms with Crippen molar-refractivity contribution >= 4 is 40.3 Å². The minimum atomic E-state index is -0.0992. The molecule has 31 heavy (non-hydrogen) atoms. The van der Waals surface area contributed by atoms with E-state index < -0.39 is 0 Å². The number of thiocarbonyl (C=S) groups is 1. The molecule has 1 saturated heterocycles. The molecule has 0 spiro atoms. The molecule has 1 fully saturated rings. The summed E-state index contributed by atoms with van der Waals surface area (Å²) < 4.78 is 23.0. The number of hydrogen-bond acceptors (Lipinski definition) is 7. The number of benzene rings is 2. The van der Waals surface area contributed by atoms with Crippen LogP contribution in [0.15, 0.2) is 47.4 Å². The molecule has 0 N–H and O–H groups in total. The van der Waals surface area contributed by atoms with Gasteiger partial charge in [0.25, 0.3) is 5.91 Å². The highest BCUT2D eigenvalue weighted by atomic mass is 32.2. The lowest BCUT2D eigenvalue weighted by atomic mass is 10.2. The second-order valence-corrected chi connectivity index (χ2v) is 8.45. The highest BCUT2D eigenvalue weighted by Crippen LogP contribution is 2.34. The van der Waals surface area contributed by atoms with Crippen LogP contribution >= 0.6 is 24.0 Å². The van der Waals surface area contributed by atoms with Gasteiger partial charge in [-0.15, -0.1) is 0 Å². The summed E-state index contributed by atoms with van der Waals surface area (Å²) in [5.74, 6) is 1.94. The Bertz CT molecular complexity index is 976. The van der Waals surface area contributed by atoms with Gasteiger partial charge in [-0.3, -0.25) is 9.69 Å². The maximum absolute atomic E-state index is 12.2. The quantitative estimate of drug-likeness (QED) is 0.298. The van der Waals surface area contributed by atoms with E-state index in [4.69, 9.17) is 31.2 Å². The number of thioether (sulfide) groups is 1. The lowest BCUT2D eigenvalue weighted by molar-refractivity contribution is -0.121. The van der Waals surface area contributed by atoms with E-state index in [9.17, 15) is 4.79 Å². The number of hydrogen-bond donors (Lipinski definition) is 0. The molecule has 1 heterocycles. The molecule has 8 heteroatoms. The average molecular weight is 460 g/mol. The number of amides is 1. The van der Waals surface area contributed by atoms with Crippen molar-refractivity contribution < 1.29 is 23.7 Å². The third-order valence-corrected chi connectivity index (χ3v) is 5.93. The van der Waals surface area contributed by atoms with E-state index in [1.807, 2.05) is 49.4 Å². The first kappa shape index (κ1) is 23.1. The average Bonchev–Trinajstić information content (AvgIpc) is 3.00. The normalized spacial score (nSPS) is 14.9. The minimum absolute atomic E-state index is 0.0992. The third-order valence-electron chi connectivity index (χ3n) is 4.44. The van der Waals surface area contributed by atoms with Crippen LogP contribution in [-0.4, -0.2) is 55.7 Å². The molecule has 0 atom stereocenters. The molecule has 3 rings (SSSR count). The Morgan fingerprint density at radius 2 is 1.81 bits per heavy atom. The minimum Gasteiger partial charge on any atom is -0.493 e. The van der Waals surface area contributed by atoms with Crippen LogP contribution < -0.4 is 14.2 Å². The van der Waals surface area contributed by atoms with Crippen LogP contribution in [0, 0.1) is 6.92 Å². The van der Waals surface area contributed by atoms with Crippen LogP contribution in [0.4, 0.5) is 0 Å². The summed E-state index contributed by atoms with van der Waals surface area (Å²) in [5.41, 5.74) is 2.00. The third kappa shape index (κ3) is 6.46. The monoisotopic (exact) mass is 459 g/mol. The van der Waals surface area contributed by atoms with Gasteiger partial charge in [-0.05, 0) is 48.4 Å². The first-order chi connectivity index (χ1) is 15.0. The number of carbonyl (C=O) groups excluding carboxylic acids is 1. The fourth-order valence-corrected chi connectivity index (χ4v) is 4.01. The Morgan fingerprint density at radius 1 is 1.03 bits per heavy atom. The highest BCUT2D eigenvalue weighted by molar-refractivity contribution is 8.26. The molecule has 0 unspecified atom stereocenters. The molecule has 0 saturated carbocycles. The Kier molecular flexibility index (Phi) is 8.34. The molecule has 2 aromatic rings. The number of rotatable bonds is 10. The molecular weight excluding hydrogens is 434 g/mol. The zero-order valence-corrected chi connectivity index (χ0v) is 19.4. The molecule has 1 amide bonds. The van der Waals surface area contributed by atoms with Crippen LogP contribution in [0.2, 0.25) is 0 Å². The summed E-state index contributed by atoms with van der Waals surface area (Å²) in [5, 5.41) is 0. The lowest BCUT2D eigenvalue weighted by Gasteiger charge is -2.12. The Morgan fingerprint density at radius 3 is 2.48 bits per heavy atom. The summed E-state index contributed by atoms with van der Waals surface area (Å²) in [6, 6.07) is 13.4. The second-order valence-electron chi connectivity index (χ2n) is 6.78. The van der Waals surface area contributed by atoms with Gasteiger partial charge in [0.2, 0.25) is 0 Å². The smallest absolute Gasteiger partial charge is 0.265 e. The lowest BCUT2D eigenvalue weighted by Crippen LogP contribution is -2.22. The predicted molar refractivity (Wildman–Crippen MR) is 127 cm³/mol. The van der Waals surface area contributed by atoms with E-state index in [2.05, 4.69) is 0 Å². The van der Waals surface area contributed by atoms with Crippen molar-refractivity contribution in [1.29, 1.82) is 0 Å². The largest absolute Gasteiger partial charge is 0.493 e. The van der Waals surface area contributed by atoms with Gasteiger partial charge in [-0.25, -0.2) is 0 Å². The van der Waals surface area contributed by atoms with Crippen LogP contribution in [0.1, 0.15) is 11.1 Å². The molecule has 164 valence electrons. The van der Waals surface area contributed by atoms with Crippen LogP contribution in [0.3, 0.4) is 0 Å². The predicted octanol–water partition coefficient (Wildman–Crippen LogP) is 4.31. The molecule has 0 radical (unpaired) electrons. The van der Waals surface area contributed by atoms with Gasteiger partial charge >= 0.3 is 0 Å². The standard InChI is InChI=1S/C23H25NO5S2/c1-16-5-4-6-18(13-16)28-11-9-27-10-12-29-19-8-7-17(14-20(19)26-3)15-21-22(25)24(2)23(30)31-21/h4-8,13-15H,9-12H2,1-3H3/b21-15-. The maximum Gasteiger partial charge on any atom is 0.265 e. The van der Waals surface area contributed by atoms with Crippen molar-refractivity contribution in [2.24, 2.45) is 0 Å². The first-order valence-electron chi connectivity index (χ1n) is 9.77. The number of nitrogens with zero attached hydrogens (tertiary/aromatic N) is 1. The Hall–Kier alpha value is -2.55. The molecule has 1 aliphatic rings. The molecule has 1 aliphatic heterocycles. The van der Waals surface area contributed by atoms with Crippen molar-refractivity contribution in [3.8, 4) is 17.2 Å². The summed E-state index contributed by atoms with van der Waals surface area (Å²) >= 11 is 6.45. The molecule has 0 aromatic heterocycles. The maximum atomic E-state index is 12.2. The van der Waals surface area contributed by atoms with Gasteiger partial charge in [0.05, 0.1) is 25.2 Å². The highest BCUT2D eigenvalue weighted by Gasteiger charge is 2.28. The fourth-order valence-electron chi connectivity index (χ4n) is 2.83. The zero-order chi connectivity index (χ0) is 22.2. The number of methoxy groups -OCH3 is 1. The topological polar surface area (TPSA) is 57.2 Å². The first-order valence-corrected chi connectivity index (χ1v) is 11.0. The van der Waals surface area contributed by atoms with E-state index in [0.29, 0.717) is 47.2 Å². The van der Waals surface area contributed by atoms with Crippen molar-refractivity contribution in [3.63, 3.8) is 0 Å². The van der Waals surface area contributed by atoms with Gasteiger partial charge in [0.15, 0.2) is 11.5 Å². The van der Waals surface area contributed by atoms with E-state index in [-0.39, 0.29) is 5.91 Å². The molecule has 6 nitrogen and oxygen atoms in total. The van der Waals surface area contributed by atoms with E-state index in [1.165, 1.54) is 16.7 Å². The molecule has 0 bridgehead atoms. The van der Waals surface area contributed by atoms with Crippen molar-refractivity contribution in [1.82, 2.24) is 4.90 Å². The SMILES string of the molecule is COc1cc(/C=C2\SC(=S)N(C)C2=O)ccc1OCCOCCOc1cccc(C)c1. The Labute approximate surface area is 192 Å². The van der Waals surface area contributed by atoms with Crippen molar-refractivity contribution in [2.45, 2.75) is 6.92 Å². The van der Waals surface area contributed by atoms with Crippen LogP contribution in [0.5, 0.6) is 17.2 Å². The number of carbonyl (C=O) groups is 1. The van der Waals surface area contributed by atoms with Crippen molar-refractivity contribution in [2.75, 3.05) is 40.6 Å². The van der Waals surface area contributed by atoms with E-state index >= 15 is 0 Å². The number of aryl methyl sites for hydroxylation is 1. The summed E-state index contributed by atoms with van der Waals surface area (Å²) in [6.45, 7) is 3.80. The zero-order valence-electron chi connectivity index (χ0n) is 17.8. The summed E-state index contributed by atoms with van der Waals surface area (Å²) in [6.07, 6.45) is 1.80. The van der Waals surface area contributed by atoms with Crippen LogP contribution in [0.25, 0.3) is 6.08 Å². The second kappa shape index (κ2) is 11.2. The number of likely N-dealkylation sites (N-methyl/N-ethyl adjacent to an activating group) is 1. The number of ether oxygens (including phenoxy) is 4. The summed E-state index contributed by atoms with van der Waals surface area (Å²) in [4.78, 5) is 14.2. The van der Waals surface area contributed by atoms with Crippen molar-refractivity contribution in [3.05, 3.63) is 58.5 Å². The van der Waals surface area contributed by atoms with Gasteiger partial charge in [-0.1, -0.05) is 42.2 Å². The van der Waals surface area contributed by atoms with E-state index in [1.54, 1.807) is 20.2 Å². The van der Waals surface area contributed by atoms with Gasteiger partial charge in [-0.2, -0.15) is 0 Å².